The van der Waals surface area contributed by atoms with E-state index in [4.69, 9.17) is 4.74 Å². The predicted octanol–water partition coefficient (Wildman–Crippen LogP) is 2.08. The Morgan fingerprint density at radius 3 is 3.21 bits per heavy atom. The number of likely N-dealkylation sites (N-methyl/N-ethyl adjacent to an activating group) is 1. The average molecular weight is 187 g/mol. The number of fused-ring (bicyclic) bond motifs is 3. The summed E-state index contributed by atoms with van der Waals surface area (Å²) in [5.41, 5.74) is 3.94. The summed E-state index contributed by atoms with van der Waals surface area (Å²) in [7, 11) is 2.14. The van der Waals surface area contributed by atoms with Crippen molar-refractivity contribution in [2.75, 3.05) is 25.1 Å². The summed E-state index contributed by atoms with van der Waals surface area (Å²) >= 11 is 0. The molecule has 0 aliphatic carbocycles. The largest absolute Gasteiger partial charge is 0.489 e. The second kappa shape index (κ2) is 2.77. The Kier molecular flexibility index (Phi) is 1.57. The number of ether oxygens (including phenoxy) is 1. The molecular weight excluding hydrogens is 174 g/mol. The maximum Gasteiger partial charge on any atom is 0.132 e. The first-order valence-electron chi connectivity index (χ1n) is 5.02. The smallest absolute Gasteiger partial charge is 0.132 e. The molecule has 2 nitrogen and oxygen atoms in total. The first-order chi connectivity index (χ1) is 6.86. The maximum absolute atomic E-state index is 5.70. The van der Waals surface area contributed by atoms with E-state index in [1.807, 2.05) is 0 Å². The Balaban J connectivity index is 2.21. The molecular formula is C12H13NO. The van der Waals surface area contributed by atoms with Crippen LogP contribution in [0, 0.1) is 0 Å². The predicted molar refractivity (Wildman–Crippen MR) is 57.9 cm³/mol. The summed E-state index contributed by atoms with van der Waals surface area (Å²) in [6, 6.07) is 4.34. The van der Waals surface area contributed by atoms with Crippen LogP contribution in [-0.4, -0.2) is 20.2 Å². The van der Waals surface area contributed by atoms with E-state index in [9.17, 15) is 0 Å². The highest BCUT2D eigenvalue weighted by Crippen LogP contribution is 2.38. The number of hydrogen-bond acceptors (Lipinski definition) is 2. The van der Waals surface area contributed by atoms with Crippen LogP contribution in [0.1, 0.15) is 11.1 Å². The minimum absolute atomic E-state index is 0.715. The molecule has 2 heteroatoms. The Morgan fingerprint density at radius 2 is 2.29 bits per heavy atom. The topological polar surface area (TPSA) is 12.5 Å². The quantitative estimate of drug-likeness (QED) is 0.616. The van der Waals surface area contributed by atoms with Crippen molar-refractivity contribution in [3.05, 3.63) is 29.3 Å². The van der Waals surface area contributed by atoms with E-state index >= 15 is 0 Å². The highest BCUT2D eigenvalue weighted by molar-refractivity contribution is 5.71. The Bertz CT molecular complexity index is 409. The summed E-state index contributed by atoms with van der Waals surface area (Å²) in [6.45, 7) is 1.83. The van der Waals surface area contributed by atoms with Crippen molar-refractivity contribution in [2.24, 2.45) is 0 Å². The van der Waals surface area contributed by atoms with Crippen LogP contribution < -0.4 is 9.64 Å². The Hall–Kier alpha value is -1.44. The van der Waals surface area contributed by atoms with Gasteiger partial charge < -0.3 is 9.64 Å². The fraction of sp³-hybridized carbons (Fsp3) is 0.333. The Labute approximate surface area is 83.8 Å². The molecule has 3 rings (SSSR count). The van der Waals surface area contributed by atoms with Crippen LogP contribution in [0.2, 0.25) is 0 Å². The standard InChI is InChI=1S/C12H13NO/c1-13-7-6-10-11(13)5-4-9-3-2-8-14-12(9)10/h2-5H,6-8H2,1H3. The second-order valence-corrected chi connectivity index (χ2v) is 3.87. The number of nitrogens with zero attached hydrogens (tertiary/aromatic N) is 1. The lowest BCUT2D eigenvalue weighted by Crippen LogP contribution is -2.12. The summed E-state index contributed by atoms with van der Waals surface area (Å²) in [4.78, 5) is 2.29. The van der Waals surface area contributed by atoms with Crippen LogP contribution in [-0.2, 0) is 6.42 Å². The lowest BCUT2D eigenvalue weighted by molar-refractivity contribution is 0.355. The van der Waals surface area contributed by atoms with E-state index in [0.29, 0.717) is 6.61 Å². The number of anilines is 1. The molecule has 2 heterocycles. The molecule has 1 aromatic carbocycles. The minimum atomic E-state index is 0.715. The lowest BCUT2D eigenvalue weighted by Gasteiger charge is -2.17. The fourth-order valence-corrected chi connectivity index (χ4v) is 2.24. The average Bonchev–Trinajstić information content (AvgIpc) is 2.61. The molecule has 1 aromatic rings. The normalized spacial score (nSPS) is 17.6. The zero-order valence-corrected chi connectivity index (χ0v) is 8.29. The zero-order valence-electron chi connectivity index (χ0n) is 8.29. The van der Waals surface area contributed by atoms with Gasteiger partial charge in [-0.05, 0) is 24.6 Å². The molecule has 0 unspecified atom stereocenters. The highest BCUT2D eigenvalue weighted by atomic mass is 16.5. The van der Waals surface area contributed by atoms with E-state index in [1.54, 1.807) is 0 Å². The molecule has 14 heavy (non-hydrogen) atoms. The third-order valence-corrected chi connectivity index (χ3v) is 3.00. The zero-order chi connectivity index (χ0) is 9.54. The van der Waals surface area contributed by atoms with Gasteiger partial charge in [0, 0.05) is 30.4 Å². The molecule has 0 fully saturated rings. The van der Waals surface area contributed by atoms with E-state index in [0.717, 1.165) is 18.7 Å². The lowest BCUT2D eigenvalue weighted by atomic mass is 10.0. The molecule has 0 saturated carbocycles. The van der Waals surface area contributed by atoms with E-state index in [1.165, 1.54) is 16.8 Å². The molecule has 0 N–H and O–H groups in total. The van der Waals surface area contributed by atoms with Crippen molar-refractivity contribution in [3.8, 4) is 5.75 Å². The van der Waals surface area contributed by atoms with Gasteiger partial charge in [-0.25, -0.2) is 0 Å². The first kappa shape index (κ1) is 7.92. The van der Waals surface area contributed by atoms with Crippen molar-refractivity contribution in [3.63, 3.8) is 0 Å². The van der Waals surface area contributed by atoms with E-state index in [-0.39, 0.29) is 0 Å². The van der Waals surface area contributed by atoms with Gasteiger partial charge in [-0.1, -0.05) is 6.08 Å². The fourth-order valence-electron chi connectivity index (χ4n) is 2.24. The van der Waals surface area contributed by atoms with Gasteiger partial charge in [0.15, 0.2) is 0 Å². The van der Waals surface area contributed by atoms with Crippen LogP contribution in [0.5, 0.6) is 5.75 Å². The van der Waals surface area contributed by atoms with Crippen LogP contribution in [0.3, 0.4) is 0 Å². The van der Waals surface area contributed by atoms with E-state index in [2.05, 4.69) is 36.2 Å². The molecule has 72 valence electrons. The SMILES string of the molecule is CN1CCc2c1ccc1c2OCC=C1. The van der Waals surface area contributed by atoms with Crippen LogP contribution in [0.25, 0.3) is 6.08 Å². The molecule has 0 spiro atoms. The molecule has 0 saturated heterocycles. The van der Waals surface area contributed by atoms with Crippen LogP contribution >= 0.6 is 0 Å². The maximum atomic E-state index is 5.70. The summed E-state index contributed by atoms with van der Waals surface area (Å²) in [5, 5.41) is 0. The molecule has 0 bridgehead atoms. The number of rotatable bonds is 0. The van der Waals surface area contributed by atoms with Crippen molar-refractivity contribution < 1.29 is 4.74 Å². The summed E-state index contributed by atoms with van der Waals surface area (Å²) in [5.74, 6) is 1.11. The molecule has 0 amide bonds. The third kappa shape index (κ3) is 0.969. The molecule has 0 atom stereocenters. The molecule has 2 aliphatic heterocycles. The van der Waals surface area contributed by atoms with Gasteiger partial charge in [0.05, 0.1) is 0 Å². The number of benzene rings is 1. The van der Waals surface area contributed by atoms with Gasteiger partial charge in [0.2, 0.25) is 0 Å². The molecule has 2 aliphatic rings. The van der Waals surface area contributed by atoms with Crippen molar-refractivity contribution in [1.29, 1.82) is 0 Å². The van der Waals surface area contributed by atoms with E-state index < -0.39 is 0 Å². The first-order valence-corrected chi connectivity index (χ1v) is 5.02. The minimum Gasteiger partial charge on any atom is -0.489 e. The van der Waals surface area contributed by atoms with Gasteiger partial charge in [0.1, 0.15) is 12.4 Å². The van der Waals surface area contributed by atoms with Gasteiger partial charge in [-0.2, -0.15) is 0 Å². The number of hydrogen-bond donors (Lipinski definition) is 0. The van der Waals surface area contributed by atoms with Gasteiger partial charge in [0.25, 0.3) is 0 Å². The molecule has 0 aromatic heterocycles. The van der Waals surface area contributed by atoms with Crippen molar-refractivity contribution >= 4 is 11.8 Å². The second-order valence-electron chi connectivity index (χ2n) is 3.87. The summed E-state index contributed by atoms with van der Waals surface area (Å²) in [6.07, 6.45) is 5.33. The van der Waals surface area contributed by atoms with Gasteiger partial charge >= 0.3 is 0 Å². The Morgan fingerprint density at radius 1 is 1.36 bits per heavy atom. The monoisotopic (exact) mass is 187 g/mol. The molecule has 0 radical (unpaired) electrons. The highest BCUT2D eigenvalue weighted by Gasteiger charge is 2.22. The van der Waals surface area contributed by atoms with Gasteiger partial charge in [-0.15, -0.1) is 0 Å². The van der Waals surface area contributed by atoms with Crippen molar-refractivity contribution in [1.82, 2.24) is 0 Å². The van der Waals surface area contributed by atoms with Crippen LogP contribution in [0.15, 0.2) is 18.2 Å². The van der Waals surface area contributed by atoms with Crippen molar-refractivity contribution in [2.45, 2.75) is 6.42 Å². The summed E-state index contributed by atoms with van der Waals surface area (Å²) < 4.78 is 5.70. The van der Waals surface area contributed by atoms with Crippen LogP contribution in [0.4, 0.5) is 5.69 Å². The third-order valence-electron chi connectivity index (χ3n) is 3.00. The van der Waals surface area contributed by atoms with Gasteiger partial charge in [-0.3, -0.25) is 0 Å².